The van der Waals surface area contributed by atoms with E-state index >= 15 is 0 Å². The number of amides is 2. The van der Waals surface area contributed by atoms with Gasteiger partial charge in [0.2, 0.25) is 5.91 Å². The predicted molar refractivity (Wildman–Crippen MR) is 101 cm³/mol. The number of β-lactam (4-membered cyclic amide) rings is 1. The smallest absolute Gasteiger partial charge is 0.354 e. The van der Waals surface area contributed by atoms with Crippen LogP contribution in [0.1, 0.15) is 18.9 Å². The number of fused-ring (bicyclic) bond motifs is 1. The van der Waals surface area contributed by atoms with Crippen LogP contribution in [-0.4, -0.2) is 54.1 Å². The Morgan fingerprint density at radius 1 is 1.26 bits per heavy atom. The van der Waals surface area contributed by atoms with Gasteiger partial charge in [0.15, 0.2) is 0 Å². The summed E-state index contributed by atoms with van der Waals surface area (Å²) < 4.78 is 9.90. The average molecular weight is 390 g/mol. The molecule has 2 amide bonds. The van der Waals surface area contributed by atoms with Crippen molar-refractivity contribution in [2.24, 2.45) is 0 Å². The number of methoxy groups -OCH3 is 2. The van der Waals surface area contributed by atoms with Crippen LogP contribution in [0.15, 0.2) is 35.5 Å². The lowest BCUT2D eigenvalue weighted by molar-refractivity contribution is -0.151. The minimum Gasteiger partial charge on any atom is -0.497 e. The third-order valence-corrected chi connectivity index (χ3v) is 6.08. The molecule has 0 unspecified atom stereocenters. The highest BCUT2D eigenvalue weighted by atomic mass is 32.2. The van der Waals surface area contributed by atoms with Crippen molar-refractivity contribution in [1.82, 2.24) is 10.2 Å². The van der Waals surface area contributed by atoms with E-state index in [9.17, 15) is 14.4 Å². The number of thioether (sulfide) groups is 1. The standard InChI is InChI=1S/C19H22N2O5S/c1-11-10-27-18-15(17(23)21(18)16(11)19(24)26-3)20-14(22)9-6-12-4-7-13(25-2)8-5-12/h4-5,7-8,15,18H,6,9-10H2,1-3H3,(H,20,22)/t15-,18-/m1/s1. The zero-order valence-electron chi connectivity index (χ0n) is 15.5. The molecule has 1 N–H and O–H groups in total. The van der Waals surface area contributed by atoms with Gasteiger partial charge in [0.1, 0.15) is 22.9 Å². The molecule has 0 aliphatic carbocycles. The summed E-state index contributed by atoms with van der Waals surface area (Å²) in [4.78, 5) is 38.2. The monoisotopic (exact) mass is 390 g/mol. The highest BCUT2D eigenvalue weighted by molar-refractivity contribution is 8.00. The van der Waals surface area contributed by atoms with Gasteiger partial charge in [-0.1, -0.05) is 12.1 Å². The number of nitrogens with zero attached hydrogens (tertiary/aromatic N) is 1. The summed E-state index contributed by atoms with van der Waals surface area (Å²) >= 11 is 1.54. The second-order valence-corrected chi connectivity index (χ2v) is 7.53. The summed E-state index contributed by atoms with van der Waals surface area (Å²) in [6, 6.07) is 6.92. The third-order valence-electron chi connectivity index (χ3n) is 4.65. The van der Waals surface area contributed by atoms with E-state index in [1.54, 1.807) is 7.11 Å². The average Bonchev–Trinajstić information content (AvgIpc) is 2.70. The van der Waals surface area contributed by atoms with Crippen molar-refractivity contribution in [3.63, 3.8) is 0 Å². The fourth-order valence-electron chi connectivity index (χ4n) is 3.15. The molecular formula is C19H22N2O5S. The fourth-order valence-corrected chi connectivity index (χ4v) is 4.45. The number of hydrogen-bond acceptors (Lipinski definition) is 6. The van der Waals surface area contributed by atoms with Gasteiger partial charge in [0.05, 0.1) is 14.2 Å². The molecule has 144 valence electrons. The second kappa shape index (κ2) is 8.04. The summed E-state index contributed by atoms with van der Waals surface area (Å²) in [7, 11) is 2.90. The molecular weight excluding hydrogens is 368 g/mol. The Hall–Kier alpha value is -2.48. The molecule has 8 heteroatoms. The number of hydrogen-bond donors (Lipinski definition) is 1. The Kier molecular flexibility index (Phi) is 5.74. The Morgan fingerprint density at radius 3 is 2.59 bits per heavy atom. The number of carbonyl (C=O) groups is 3. The van der Waals surface area contributed by atoms with Gasteiger partial charge in [-0.25, -0.2) is 4.79 Å². The maximum absolute atomic E-state index is 12.5. The first-order valence-corrected chi connectivity index (χ1v) is 9.66. The van der Waals surface area contributed by atoms with Crippen LogP contribution >= 0.6 is 11.8 Å². The van der Waals surface area contributed by atoms with Gasteiger partial charge in [-0.15, -0.1) is 11.8 Å². The lowest BCUT2D eigenvalue weighted by atomic mass is 10.0. The van der Waals surface area contributed by atoms with Crippen molar-refractivity contribution in [2.45, 2.75) is 31.2 Å². The van der Waals surface area contributed by atoms with Crippen LogP contribution < -0.4 is 10.1 Å². The summed E-state index contributed by atoms with van der Waals surface area (Å²) in [5.74, 6) is 0.412. The molecule has 0 bridgehead atoms. The number of carbonyl (C=O) groups excluding carboxylic acids is 3. The maximum Gasteiger partial charge on any atom is 0.354 e. The normalized spacial score (nSPS) is 21.3. The van der Waals surface area contributed by atoms with Crippen LogP contribution in [0.5, 0.6) is 5.75 Å². The maximum atomic E-state index is 12.5. The van der Waals surface area contributed by atoms with Gasteiger partial charge in [-0.05, 0) is 36.6 Å². The molecule has 2 heterocycles. The number of rotatable bonds is 6. The van der Waals surface area contributed by atoms with Crippen LogP contribution in [0.3, 0.4) is 0 Å². The summed E-state index contributed by atoms with van der Waals surface area (Å²) in [5, 5.41) is 2.54. The van der Waals surface area contributed by atoms with Crippen LogP contribution in [0.2, 0.25) is 0 Å². The van der Waals surface area contributed by atoms with Crippen molar-refractivity contribution >= 4 is 29.5 Å². The van der Waals surface area contributed by atoms with Crippen molar-refractivity contribution < 1.29 is 23.9 Å². The summed E-state index contributed by atoms with van der Waals surface area (Å²) in [6.07, 6.45) is 0.858. The Labute approximate surface area is 162 Å². The molecule has 1 aromatic carbocycles. The van der Waals surface area contributed by atoms with Crippen LogP contribution in [-0.2, 0) is 25.5 Å². The Balaban J connectivity index is 1.57. The summed E-state index contributed by atoms with van der Waals surface area (Å²) in [6.45, 7) is 1.81. The molecule has 2 aliphatic rings. The summed E-state index contributed by atoms with van der Waals surface area (Å²) in [5.41, 5.74) is 2.13. The number of benzene rings is 1. The van der Waals surface area contributed by atoms with Gasteiger partial charge in [0, 0.05) is 12.2 Å². The molecule has 3 rings (SSSR count). The number of aryl methyl sites for hydroxylation is 1. The first-order valence-electron chi connectivity index (χ1n) is 8.61. The molecule has 2 aliphatic heterocycles. The molecule has 1 aromatic rings. The molecule has 1 saturated heterocycles. The molecule has 0 saturated carbocycles. The first-order chi connectivity index (χ1) is 13.0. The van der Waals surface area contributed by atoms with Crippen molar-refractivity contribution in [1.29, 1.82) is 0 Å². The van der Waals surface area contributed by atoms with Crippen LogP contribution in [0.25, 0.3) is 0 Å². The van der Waals surface area contributed by atoms with Crippen LogP contribution in [0.4, 0.5) is 0 Å². The van der Waals surface area contributed by atoms with E-state index in [4.69, 9.17) is 9.47 Å². The number of ether oxygens (including phenoxy) is 2. The van der Waals surface area contributed by atoms with E-state index < -0.39 is 12.0 Å². The first kappa shape index (κ1) is 19.3. The van der Waals surface area contributed by atoms with Crippen LogP contribution in [0, 0.1) is 0 Å². The van der Waals surface area contributed by atoms with E-state index in [0.29, 0.717) is 17.9 Å². The molecule has 0 spiro atoms. The largest absolute Gasteiger partial charge is 0.497 e. The Bertz CT molecular complexity index is 790. The Morgan fingerprint density at radius 2 is 1.96 bits per heavy atom. The topological polar surface area (TPSA) is 84.9 Å². The van der Waals surface area contributed by atoms with Crippen molar-refractivity contribution in [3.8, 4) is 5.75 Å². The van der Waals surface area contributed by atoms with E-state index in [1.165, 1.54) is 23.8 Å². The number of nitrogens with one attached hydrogen (secondary N) is 1. The van der Waals surface area contributed by atoms with E-state index in [2.05, 4.69) is 5.32 Å². The molecule has 1 fully saturated rings. The third kappa shape index (κ3) is 3.80. The minimum atomic E-state index is -0.605. The highest BCUT2D eigenvalue weighted by Gasteiger charge is 2.53. The zero-order valence-corrected chi connectivity index (χ0v) is 16.3. The molecule has 0 radical (unpaired) electrons. The van der Waals surface area contributed by atoms with Crippen molar-refractivity contribution in [3.05, 3.63) is 41.1 Å². The highest BCUT2D eigenvalue weighted by Crippen LogP contribution is 2.40. The van der Waals surface area contributed by atoms with Crippen molar-refractivity contribution in [2.75, 3.05) is 20.0 Å². The van der Waals surface area contributed by atoms with E-state index in [1.807, 2.05) is 31.2 Å². The lowest BCUT2D eigenvalue weighted by Crippen LogP contribution is -2.70. The van der Waals surface area contributed by atoms with Gasteiger partial charge < -0.3 is 14.8 Å². The van der Waals surface area contributed by atoms with Gasteiger partial charge in [0.25, 0.3) is 5.91 Å². The molecule has 2 atom stereocenters. The molecule has 27 heavy (non-hydrogen) atoms. The van der Waals surface area contributed by atoms with Gasteiger partial charge >= 0.3 is 5.97 Å². The lowest BCUT2D eigenvalue weighted by Gasteiger charge is -2.49. The minimum absolute atomic E-state index is 0.185. The zero-order chi connectivity index (χ0) is 19.6. The predicted octanol–water partition coefficient (Wildman–Crippen LogP) is 1.47. The van der Waals surface area contributed by atoms with E-state index in [-0.39, 0.29) is 23.6 Å². The fraction of sp³-hybridized carbons (Fsp3) is 0.421. The van der Waals surface area contributed by atoms with Gasteiger partial charge in [-0.3, -0.25) is 14.5 Å². The quantitative estimate of drug-likeness (QED) is 0.585. The van der Waals surface area contributed by atoms with Gasteiger partial charge in [-0.2, -0.15) is 0 Å². The van der Waals surface area contributed by atoms with E-state index in [0.717, 1.165) is 16.9 Å². The second-order valence-electron chi connectivity index (χ2n) is 6.42. The molecule has 0 aromatic heterocycles. The SMILES string of the molecule is COC(=O)C1=C(C)CS[C@@H]2[C@H](NC(=O)CCc3ccc(OC)cc3)C(=O)N12. The molecule has 7 nitrogen and oxygen atoms in total. The number of esters is 1.